The summed E-state index contributed by atoms with van der Waals surface area (Å²) in [5, 5.41) is 7.66. The average molecular weight is 462 g/mol. The van der Waals surface area contributed by atoms with E-state index in [-0.39, 0.29) is 11.9 Å². The fourth-order valence-corrected chi connectivity index (χ4v) is 4.44. The van der Waals surface area contributed by atoms with Crippen LogP contribution in [0.2, 0.25) is 0 Å². The molecule has 5 rings (SSSR count). The molecule has 2 aliphatic heterocycles. The number of aryl methyl sites for hydroxylation is 1. The second kappa shape index (κ2) is 9.09. The lowest BCUT2D eigenvalue weighted by Gasteiger charge is -2.29. The van der Waals surface area contributed by atoms with Gasteiger partial charge in [-0.25, -0.2) is 4.79 Å². The number of para-hydroxylation sites is 1. The van der Waals surface area contributed by atoms with Gasteiger partial charge in [-0.1, -0.05) is 18.2 Å². The summed E-state index contributed by atoms with van der Waals surface area (Å²) in [6, 6.07) is 14.7. The lowest BCUT2D eigenvalue weighted by atomic mass is 10.0. The predicted molar refractivity (Wildman–Crippen MR) is 127 cm³/mol. The number of hydrogen-bond donors (Lipinski definition) is 1. The Balaban J connectivity index is 1.33. The number of rotatable bonds is 4. The lowest BCUT2D eigenvalue weighted by molar-refractivity contribution is -0.116. The molecule has 0 spiro atoms. The minimum absolute atomic E-state index is 0.0605. The summed E-state index contributed by atoms with van der Waals surface area (Å²) < 4.78 is 13.0. The summed E-state index contributed by atoms with van der Waals surface area (Å²) in [4.78, 5) is 28.9. The molecule has 2 aliphatic rings. The van der Waals surface area contributed by atoms with Gasteiger partial charge in [0.2, 0.25) is 5.91 Å². The molecular weight excluding hydrogens is 434 g/mol. The number of nitrogens with one attached hydrogen (secondary N) is 1. The topological polar surface area (TPSA) is 88.9 Å². The molecule has 3 aromatic rings. The molecule has 1 aromatic heterocycles. The van der Waals surface area contributed by atoms with E-state index >= 15 is 0 Å². The van der Waals surface area contributed by atoms with Crippen molar-refractivity contribution in [1.29, 1.82) is 0 Å². The summed E-state index contributed by atoms with van der Waals surface area (Å²) in [5.74, 6) is 1.25. The van der Waals surface area contributed by atoms with Crippen molar-refractivity contribution in [3.05, 3.63) is 65.5 Å². The minimum Gasteiger partial charge on any atom is -0.486 e. The van der Waals surface area contributed by atoms with E-state index < -0.39 is 0 Å². The maximum Gasteiger partial charge on any atom is 0.322 e. The Bertz CT molecular complexity index is 1220. The van der Waals surface area contributed by atoms with Crippen LogP contribution in [0.4, 0.5) is 16.2 Å². The Morgan fingerprint density at radius 2 is 1.85 bits per heavy atom. The third kappa shape index (κ3) is 4.28. The maximum atomic E-state index is 13.1. The number of anilines is 2. The first-order valence-corrected chi connectivity index (χ1v) is 11.3. The van der Waals surface area contributed by atoms with Crippen LogP contribution in [0.1, 0.15) is 23.9 Å². The van der Waals surface area contributed by atoms with E-state index in [1.54, 1.807) is 34.9 Å². The van der Waals surface area contributed by atoms with Crippen molar-refractivity contribution >= 4 is 23.3 Å². The van der Waals surface area contributed by atoms with Gasteiger partial charge < -0.3 is 24.6 Å². The zero-order valence-corrected chi connectivity index (χ0v) is 19.3. The number of nitrogens with zero attached hydrogens (tertiary/aromatic N) is 4. The van der Waals surface area contributed by atoms with Gasteiger partial charge in [0.15, 0.2) is 11.5 Å². The zero-order chi connectivity index (χ0) is 23.7. The highest BCUT2D eigenvalue weighted by atomic mass is 16.6. The van der Waals surface area contributed by atoms with E-state index in [9.17, 15) is 9.59 Å². The molecule has 0 saturated heterocycles. The van der Waals surface area contributed by atoms with E-state index in [2.05, 4.69) is 5.32 Å². The number of carbonyl (C=O) groups is 2. The van der Waals surface area contributed by atoms with Crippen molar-refractivity contribution in [2.75, 3.05) is 30.0 Å². The monoisotopic (exact) mass is 461 g/mol. The molecule has 0 unspecified atom stereocenters. The van der Waals surface area contributed by atoms with Crippen molar-refractivity contribution in [3.8, 4) is 11.5 Å². The van der Waals surface area contributed by atoms with Crippen molar-refractivity contribution in [1.82, 2.24) is 14.7 Å². The smallest absolute Gasteiger partial charge is 0.322 e. The number of aromatic nitrogens is 2. The second-order valence-corrected chi connectivity index (χ2v) is 8.40. The number of amides is 3. The van der Waals surface area contributed by atoms with Crippen LogP contribution < -0.4 is 19.7 Å². The highest BCUT2D eigenvalue weighted by Crippen LogP contribution is 2.33. The number of urea groups is 1. The molecule has 3 amide bonds. The van der Waals surface area contributed by atoms with Gasteiger partial charge in [0, 0.05) is 55.6 Å². The first kappa shape index (κ1) is 21.8. The first-order valence-electron chi connectivity index (χ1n) is 11.3. The van der Waals surface area contributed by atoms with Crippen LogP contribution in [0.5, 0.6) is 11.5 Å². The molecule has 9 heteroatoms. The zero-order valence-electron chi connectivity index (χ0n) is 19.3. The molecule has 2 aromatic carbocycles. The molecule has 1 N–H and O–H groups in total. The molecule has 176 valence electrons. The van der Waals surface area contributed by atoms with Crippen LogP contribution in [0.25, 0.3) is 0 Å². The SMILES string of the molecule is CC(=O)N(Cc1nn(C)c2c1CN(C(=O)Nc1ccc3c(c1)OCCO3)CC2)c1ccccc1. The Hall–Kier alpha value is -4.01. The molecular formula is C25H27N5O4. The lowest BCUT2D eigenvalue weighted by Crippen LogP contribution is -2.39. The number of hydrogen-bond acceptors (Lipinski definition) is 5. The quantitative estimate of drug-likeness (QED) is 0.644. The van der Waals surface area contributed by atoms with Gasteiger partial charge in [-0.3, -0.25) is 9.48 Å². The van der Waals surface area contributed by atoms with Crippen molar-refractivity contribution in [2.45, 2.75) is 26.4 Å². The summed E-state index contributed by atoms with van der Waals surface area (Å²) >= 11 is 0. The van der Waals surface area contributed by atoms with Gasteiger partial charge in [-0.2, -0.15) is 5.10 Å². The minimum atomic E-state index is -0.191. The Morgan fingerprint density at radius 3 is 2.62 bits per heavy atom. The molecule has 0 bridgehead atoms. The third-order valence-electron chi connectivity index (χ3n) is 6.16. The Morgan fingerprint density at radius 1 is 1.09 bits per heavy atom. The summed E-state index contributed by atoms with van der Waals surface area (Å²) in [6.45, 7) is 3.92. The van der Waals surface area contributed by atoms with E-state index in [1.165, 1.54) is 0 Å². The van der Waals surface area contributed by atoms with E-state index in [0.29, 0.717) is 56.5 Å². The largest absolute Gasteiger partial charge is 0.486 e. The van der Waals surface area contributed by atoms with Crippen LogP contribution in [0, 0.1) is 0 Å². The molecule has 0 aliphatic carbocycles. The van der Waals surface area contributed by atoms with Crippen LogP contribution in [-0.2, 0) is 31.4 Å². The third-order valence-corrected chi connectivity index (χ3v) is 6.16. The Kier molecular flexibility index (Phi) is 5.83. The summed E-state index contributed by atoms with van der Waals surface area (Å²) in [5.41, 5.74) is 4.35. The normalized spacial score (nSPS) is 14.4. The van der Waals surface area contributed by atoms with E-state index in [4.69, 9.17) is 14.6 Å². The molecule has 0 radical (unpaired) electrons. The predicted octanol–water partition coefficient (Wildman–Crippen LogP) is 3.33. The first-order chi connectivity index (χ1) is 16.5. The van der Waals surface area contributed by atoms with Crippen molar-refractivity contribution < 1.29 is 19.1 Å². The molecule has 34 heavy (non-hydrogen) atoms. The van der Waals surface area contributed by atoms with Crippen LogP contribution in [0.15, 0.2) is 48.5 Å². The fraction of sp³-hybridized carbons (Fsp3) is 0.320. The molecule has 0 fully saturated rings. The van der Waals surface area contributed by atoms with Crippen molar-refractivity contribution in [2.24, 2.45) is 7.05 Å². The maximum absolute atomic E-state index is 13.1. The number of ether oxygens (including phenoxy) is 2. The highest BCUT2D eigenvalue weighted by Gasteiger charge is 2.28. The van der Waals surface area contributed by atoms with Gasteiger partial charge in [-0.05, 0) is 24.3 Å². The van der Waals surface area contributed by atoms with Crippen LogP contribution >= 0.6 is 0 Å². The Labute approximate surface area is 197 Å². The average Bonchev–Trinajstić information content (AvgIpc) is 3.17. The molecule has 9 nitrogen and oxygen atoms in total. The molecule has 0 atom stereocenters. The summed E-state index contributed by atoms with van der Waals surface area (Å²) in [7, 11) is 1.91. The number of benzene rings is 2. The summed E-state index contributed by atoms with van der Waals surface area (Å²) in [6.07, 6.45) is 0.693. The van der Waals surface area contributed by atoms with Gasteiger partial charge in [0.1, 0.15) is 13.2 Å². The van der Waals surface area contributed by atoms with Crippen LogP contribution in [0.3, 0.4) is 0 Å². The van der Waals surface area contributed by atoms with Gasteiger partial charge in [-0.15, -0.1) is 0 Å². The second-order valence-electron chi connectivity index (χ2n) is 8.40. The van der Waals surface area contributed by atoms with Gasteiger partial charge >= 0.3 is 6.03 Å². The van der Waals surface area contributed by atoms with E-state index in [1.807, 2.05) is 42.1 Å². The van der Waals surface area contributed by atoms with Crippen LogP contribution in [-0.4, -0.2) is 46.4 Å². The number of carbonyl (C=O) groups excluding carboxylic acids is 2. The van der Waals surface area contributed by atoms with Gasteiger partial charge in [0.05, 0.1) is 18.8 Å². The standard InChI is InChI=1S/C25H27N5O4/c1-17(31)30(19-6-4-3-5-7-19)16-21-20-15-29(11-10-22(20)28(2)27-21)25(32)26-18-8-9-23-24(14-18)34-13-12-33-23/h3-9,14H,10-13,15-16H2,1-2H3,(H,26,32). The number of fused-ring (bicyclic) bond motifs is 2. The van der Waals surface area contributed by atoms with Crippen molar-refractivity contribution in [3.63, 3.8) is 0 Å². The van der Waals surface area contributed by atoms with Gasteiger partial charge in [0.25, 0.3) is 0 Å². The molecule has 3 heterocycles. The van der Waals surface area contributed by atoms with E-state index in [0.717, 1.165) is 22.6 Å². The highest BCUT2D eigenvalue weighted by molar-refractivity contribution is 5.91. The fourth-order valence-electron chi connectivity index (χ4n) is 4.44. The molecule has 0 saturated carbocycles.